The van der Waals surface area contributed by atoms with E-state index in [0.29, 0.717) is 23.4 Å². The second-order valence-electron chi connectivity index (χ2n) is 4.45. The van der Waals surface area contributed by atoms with Crippen LogP contribution in [0.15, 0.2) is 17.1 Å². The second kappa shape index (κ2) is 6.16. The van der Waals surface area contributed by atoms with Crippen LogP contribution in [0.3, 0.4) is 0 Å². The first kappa shape index (κ1) is 13.9. The standard InChI is InChI=1S/C11H15N7O2S/c12-14-11-16-15-9(21-11)7-18-10(19)5-8(6-13-18)17-1-3-20-4-2-17/h5-6H,1-4,7,12H2,(H,14,16). The zero-order valence-corrected chi connectivity index (χ0v) is 12.0. The summed E-state index contributed by atoms with van der Waals surface area (Å²) >= 11 is 1.28. The summed E-state index contributed by atoms with van der Waals surface area (Å²) in [6, 6.07) is 1.58. The maximum Gasteiger partial charge on any atom is 0.269 e. The number of nitrogens with zero attached hydrogens (tertiary/aromatic N) is 5. The maximum absolute atomic E-state index is 12.1. The minimum absolute atomic E-state index is 0.170. The molecule has 0 spiro atoms. The van der Waals surface area contributed by atoms with Crippen LogP contribution in [-0.2, 0) is 11.3 Å². The quantitative estimate of drug-likeness (QED) is 0.561. The van der Waals surface area contributed by atoms with Gasteiger partial charge in [0.2, 0.25) is 5.13 Å². The molecule has 1 aliphatic rings. The van der Waals surface area contributed by atoms with Crippen molar-refractivity contribution in [1.29, 1.82) is 0 Å². The molecule has 0 bridgehead atoms. The number of aromatic nitrogens is 4. The molecule has 3 rings (SSSR count). The first-order chi connectivity index (χ1) is 10.3. The molecule has 10 heteroatoms. The van der Waals surface area contributed by atoms with Gasteiger partial charge < -0.3 is 9.64 Å². The van der Waals surface area contributed by atoms with Crippen molar-refractivity contribution in [3.63, 3.8) is 0 Å². The summed E-state index contributed by atoms with van der Waals surface area (Å²) in [4.78, 5) is 14.2. The molecule has 0 unspecified atom stereocenters. The van der Waals surface area contributed by atoms with E-state index in [9.17, 15) is 4.79 Å². The van der Waals surface area contributed by atoms with E-state index in [1.165, 1.54) is 16.0 Å². The van der Waals surface area contributed by atoms with Gasteiger partial charge in [-0.1, -0.05) is 11.3 Å². The van der Waals surface area contributed by atoms with Crippen LogP contribution in [0.2, 0.25) is 0 Å². The molecule has 1 fully saturated rings. The van der Waals surface area contributed by atoms with Gasteiger partial charge in [0.25, 0.3) is 5.56 Å². The van der Waals surface area contributed by atoms with Crippen LogP contribution < -0.4 is 21.7 Å². The summed E-state index contributed by atoms with van der Waals surface area (Å²) in [5, 5.41) is 13.1. The molecule has 3 N–H and O–H groups in total. The molecular formula is C11H15N7O2S. The highest BCUT2D eigenvalue weighted by atomic mass is 32.1. The Labute approximate surface area is 124 Å². The monoisotopic (exact) mass is 309 g/mol. The minimum atomic E-state index is -0.170. The van der Waals surface area contributed by atoms with Gasteiger partial charge in [0, 0.05) is 19.2 Å². The molecule has 0 aliphatic carbocycles. The molecule has 2 aromatic rings. The van der Waals surface area contributed by atoms with Gasteiger partial charge in [0.05, 0.1) is 31.6 Å². The number of anilines is 2. The molecule has 0 atom stereocenters. The Bertz CT molecular complexity index is 665. The van der Waals surface area contributed by atoms with Crippen molar-refractivity contribution >= 4 is 22.2 Å². The predicted molar refractivity (Wildman–Crippen MR) is 78.4 cm³/mol. The van der Waals surface area contributed by atoms with Crippen LogP contribution in [0, 0.1) is 0 Å². The predicted octanol–water partition coefficient (Wildman–Crippen LogP) is -0.735. The average molecular weight is 309 g/mol. The lowest BCUT2D eigenvalue weighted by Crippen LogP contribution is -2.37. The van der Waals surface area contributed by atoms with Crippen molar-refractivity contribution < 1.29 is 4.74 Å². The van der Waals surface area contributed by atoms with Crippen LogP contribution in [0.25, 0.3) is 0 Å². The number of nitrogen functional groups attached to an aromatic ring is 1. The number of hydrogen-bond acceptors (Lipinski definition) is 9. The second-order valence-corrected chi connectivity index (χ2v) is 5.52. The molecule has 0 radical (unpaired) electrons. The van der Waals surface area contributed by atoms with E-state index in [0.717, 1.165) is 18.8 Å². The van der Waals surface area contributed by atoms with E-state index in [-0.39, 0.29) is 12.1 Å². The number of hydrazine groups is 1. The topological polar surface area (TPSA) is 111 Å². The van der Waals surface area contributed by atoms with E-state index >= 15 is 0 Å². The Morgan fingerprint density at radius 3 is 2.86 bits per heavy atom. The van der Waals surface area contributed by atoms with Gasteiger partial charge in [-0.3, -0.25) is 10.2 Å². The van der Waals surface area contributed by atoms with Gasteiger partial charge in [0.1, 0.15) is 5.01 Å². The van der Waals surface area contributed by atoms with Crippen LogP contribution in [0.4, 0.5) is 10.8 Å². The minimum Gasteiger partial charge on any atom is -0.378 e. The lowest BCUT2D eigenvalue weighted by atomic mass is 10.3. The first-order valence-corrected chi connectivity index (χ1v) is 7.27. The lowest BCUT2D eigenvalue weighted by Gasteiger charge is -2.28. The number of ether oxygens (including phenoxy) is 1. The van der Waals surface area contributed by atoms with Gasteiger partial charge in [0.15, 0.2) is 0 Å². The fourth-order valence-corrected chi connectivity index (χ4v) is 2.67. The Morgan fingerprint density at radius 2 is 2.19 bits per heavy atom. The summed E-state index contributed by atoms with van der Waals surface area (Å²) in [5.74, 6) is 5.25. The summed E-state index contributed by atoms with van der Waals surface area (Å²) in [6.45, 7) is 3.16. The summed E-state index contributed by atoms with van der Waals surface area (Å²) in [6.07, 6.45) is 1.69. The van der Waals surface area contributed by atoms with Gasteiger partial charge in [-0.25, -0.2) is 10.5 Å². The third kappa shape index (κ3) is 3.17. The molecule has 0 amide bonds. The van der Waals surface area contributed by atoms with Crippen molar-refractivity contribution in [2.24, 2.45) is 5.84 Å². The Hall–Kier alpha value is -2.04. The summed E-state index contributed by atoms with van der Waals surface area (Å²) < 4.78 is 6.64. The lowest BCUT2D eigenvalue weighted by molar-refractivity contribution is 0.122. The smallest absolute Gasteiger partial charge is 0.269 e. The van der Waals surface area contributed by atoms with E-state index in [1.54, 1.807) is 12.3 Å². The van der Waals surface area contributed by atoms with Crippen molar-refractivity contribution in [1.82, 2.24) is 20.0 Å². The molecule has 9 nitrogen and oxygen atoms in total. The van der Waals surface area contributed by atoms with Crippen molar-refractivity contribution in [3.05, 3.63) is 27.6 Å². The largest absolute Gasteiger partial charge is 0.378 e. The van der Waals surface area contributed by atoms with Gasteiger partial charge in [-0.2, -0.15) is 5.10 Å². The van der Waals surface area contributed by atoms with Crippen LogP contribution in [0.1, 0.15) is 5.01 Å². The van der Waals surface area contributed by atoms with Gasteiger partial charge in [-0.05, 0) is 0 Å². The van der Waals surface area contributed by atoms with E-state index in [1.807, 2.05) is 0 Å². The van der Waals surface area contributed by atoms with Crippen LogP contribution >= 0.6 is 11.3 Å². The van der Waals surface area contributed by atoms with Crippen molar-refractivity contribution in [2.75, 3.05) is 36.6 Å². The van der Waals surface area contributed by atoms with Gasteiger partial charge >= 0.3 is 0 Å². The zero-order chi connectivity index (χ0) is 14.7. The highest BCUT2D eigenvalue weighted by Crippen LogP contribution is 2.15. The highest BCUT2D eigenvalue weighted by Gasteiger charge is 2.13. The van der Waals surface area contributed by atoms with E-state index < -0.39 is 0 Å². The Balaban J connectivity index is 1.76. The molecular weight excluding hydrogens is 294 g/mol. The number of nitrogens with one attached hydrogen (secondary N) is 1. The average Bonchev–Trinajstić information content (AvgIpc) is 2.98. The van der Waals surface area contributed by atoms with E-state index in [4.69, 9.17) is 10.6 Å². The third-order valence-corrected chi connectivity index (χ3v) is 3.95. The molecule has 3 heterocycles. The number of nitrogens with two attached hydrogens (primary N) is 1. The van der Waals surface area contributed by atoms with E-state index in [2.05, 4.69) is 25.6 Å². The van der Waals surface area contributed by atoms with Gasteiger partial charge in [-0.15, -0.1) is 10.2 Å². The summed E-state index contributed by atoms with van der Waals surface area (Å²) in [5.41, 5.74) is 3.07. The normalized spacial score (nSPS) is 15.2. The first-order valence-electron chi connectivity index (χ1n) is 6.45. The summed E-state index contributed by atoms with van der Waals surface area (Å²) in [7, 11) is 0. The molecule has 21 heavy (non-hydrogen) atoms. The molecule has 0 saturated carbocycles. The number of morpholine rings is 1. The van der Waals surface area contributed by atoms with Crippen LogP contribution in [-0.4, -0.2) is 46.3 Å². The fourth-order valence-electron chi connectivity index (χ4n) is 2.04. The number of hydrogen-bond donors (Lipinski definition) is 2. The highest BCUT2D eigenvalue weighted by molar-refractivity contribution is 7.15. The maximum atomic E-state index is 12.1. The molecule has 1 aliphatic heterocycles. The van der Waals surface area contributed by atoms with Crippen LogP contribution in [0.5, 0.6) is 0 Å². The molecule has 1 saturated heterocycles. The molecule has 2 aromatic heterocycles. The fraction of sp³-hybridized carbons (Fsp3) is 0.455. The van der Waals surface area contributed by atoms with Crippen molar-refractivity contribution in [3.8, 4) is 0 Å². The SMILES string of the molecule is NNc1nnc(Cn2ncc(N3CCOCC3)cc2=O)s1. The van der Waals surface area contributed by atoms with Crippen molar-refractivity contribution in [2.45, 2.75) is 6.54 Å². The molecule has 0 aromatic carbocycles. The Morgan fingerprint density at radius 1 is 1.38 bits per heavy atom. The third-order valence-electron chi connectivity index (χ3n) is 3.11. The molecule has 112 valence electrons. The Kier molecular flexibility index (Phi) is 4.08. The number of rotatable bonds is 4. The zero-order valence-electron chi connectivity index (χ0n) is 11.2.